The van der Waals surface area contributed by atoms with Gasteiger partial charge in [-0.2, -0.15) is 0 Å². The lowest BCUT2D eigenvalue weighted by Crippen LogP contribution is -2.44. The molecule has 0 amide bonds. The Morgan fingerprint density at radius 2 is 1.74 bits per heavy atom. The molecule has 1 unspecified atom stereocenters. The van der Waals surface area contributed by atoms with E-state index in [0.717, 1.165) is 11.3 Å². The molecule has 2 rings (SSSR count). The van der Waals surface area contributed by atoms with E-state index in [1.807, 2.05) is 61.2 Å². The number of hydrogen-bond donors (Lipinski definition) is 1. The summed E-state index contributed by atoms with van der Waals surface area (Å²) in [5, 5.41) is 9.42. The highest BCUT2D eigenvalue weighted by Gasteiger charge is 2.26. The summed E-state index contributed by atoms with van der Waals surface area (Å²) < 4.78 is 5.27. The van der Waals surface area contributed by atoms with Crippen molar-refractivity contribution in [2.75, 3.05) is 18.1 Å². The number of esters is 1. The van der Waals surface area contributed by atoms with Gasteiger partial charge < -0.3 is 14.7 Å². The molecule has 1 atom stereocenters. The molecule has 0 radical (unpaired) electrons. The highest BCUT2D eigenvalue weighted by molar-refractivity contribution is 5.80. The van der Waals surface area contributed by atoms with Gasteiger partial charge >= 0.3 is 5.97 Å². The summed E-state index contributed by atoms with van der Waals surface area (Å²) in [5.74, 6) is -0.0110. The quantitative estimate of drug-likeness (QED) is 0.796. The number of phenols is 1. The number of rotatable bonds is 7. The molecule has 2 aromatic carbocycles. The number of likely N-dealkylation sites (N-methyl/N-ethyl adjacent to an activating group) is 1. The van der Waals surface area contributed by atoms with Crippen molar-refractivity contribution < 1.29 is 14.6 Å². The maximum atomic E-state index is 12.5. The second-order valence-electron chi connectivity index (χ2n) is 5.26. The van der Waals surface area contributed by atoms with Crippen molar-refractivity contribution in [2.24, 2.45) is 0 Å². The van der Waals surface area contributed by atoms with Crippen LogP contribution in [0.1, 0.15) is 19.4 Å². The van der Waals surface area contributed by atoms with Gasteiger partial charge in [-0.3, -0.25) is 0 Å². The molecule has 0 spiro atoms. The van der Waals surface area contributed by atoms with Gasteiger partial charge in [-0.1, -0.05) is 30.3 Å². The molecular formula is C19H23NO3. The standard InChI is InChI=1S/C19H23NO3/c1-3-20(16-8-6-5-7-9-16)18(19(22)23-4-2)14-15-10-12-17(21)13-11-15/h5-13,18,21H,3-4,14H2,1-2H3. The first-order valence-corrected chi connectivity index (χ1v) is 7.92. The van der Waals surface area contributed by atoms with Crippen LogP contribution in [0, 0.1) is 0 Å². The number of phenolic OH excluding ortho intramolecular Hbond substituents is 1. The Balaban J connectivity index is 2.28. The van der Waals surface area contributed by atoms with Gasteiger partial charge in [-0.05, 0) is 43.7 Å². The number of carbonyl (C=O) groups excluding carboxylic acids is 1. The molecule has 0 aromatic heterocycles. The van der Waals surface area contributed by atoms with Crippen LogP contribution < -0.4 is 4.90 Å². The lowest BCUT2D eigenvalue weighted by molar-refractivity contribution is -0.144. The molecule has 4 heteroatoms. The van der Waals surface area contributed by atoms with Crippen LogP contribution in [0.25, 0.3) is 0 Å². The van der Waals surface area contributed by atoms with Crippen molar-refractivity contribution in [1.82, 2.24) is 0 Å². The maximum Gasteiger partial charge on any atom is 0.329 e. The fourth-order valence-corrected chi connectivity index (χ4v) is 2.62. The predicted octanol–water partition coefficient (Wildman–Crippen LogP) is 3.39. The molecule has 0 saturated heterocycles. The summed E-state index contributed by atoms with van der Waals surface area (Å²) in [6, 6.07) is 16.4. The number of benzene rings is 2. The summed E-state index contributed by atoms with van der Waals surface area (Å²) in [5.41, 5.74) is 1.97. The molecule has 0 heterocycles. The van der Waals surface area contributed by atoms with E-state index in [0.29, 0.717) is 19.6 Å². The predicted molar refractivity (Wildman–Crippen MR) is 91.7 cm³/mol. The minimum Gasteiger partial charge on any atom is -0.508 e. The van der Waals surface area contributed by atoms with E-state index in [4.69, 9.17) is 4.74 Å². The number of aromatic hydroxyl groups is 1. The van der Waals surface area contributed by atoms with Crippen LogP contribution in [-0.4, -0.2) is 30.3 Å². The fraction of sp³-hybridized carbons (Fsp3) is 0.316. The Morgan fingerprint density at radius 1 is 1.09 bits per heavy atom. The molecule has 23 heavy (non-hydrogen) atoms. The lowest BCUT2D eigenvalue weighted by Gasteiger charge is -2.31. The smallest absolute Gasteiger partial charge is 0.329 e. The molecule has 0 aliphatic heterocycles. The minimum atomic E-state index is -0.396. The van der Waals surface area contributed by atoms with Gasteiger partial charge in [0.25, 0.3) is 0 Å². The number of anilines is 1. The van der Waals surface area contributed by atoms with E-state index in [2.05, 4.69) is 0 Å². The van der Waals surface area contributed by atoms with Gasteiger partial charge in [0, 0.05) is 18.7 Å². The van der Waals surface area contributed by atoms with E-state index >= 15 is 0 Å². The monoisotopic (exact) mass is 313 g/mol. The highest BCUT2D eigenvalue weighted by atomic mass is 16.5. The Hall–Kier alpha value is -2.49. The van der Waals surface area contributed by atoms with Crippen molar-refractivity contribution in [3.63, 3.8) is 0 Å². The maximum absolute atomic E-state index is 12.5. The van der Waals surface area contributed by atoms with Gasteiger partial charge in [-0.25, -0.2) is 4.79 Å². The van der Waals surface area contributed by atoms with Gasteiger partial charge in [0.1, 0.15) is 11.8 Å². The molecule has 4 nitrogen and oxygen atoms in total. The van der Waals surface area contributed by atoms with Crippen LogP contribution in [0.2, 0.25) is 0 Å². The van der Waals surface area contributed by atoms with Crippen molar-refractivity contribution in [3.05, 3.63) is 60.2 Å². The summed E-state index contributed by atoms with van der Waals surface area (Å²) in [6.45, 7) is 4.90. The molecule has 0 aliphatic rings. The van der Waals surface area contributed by atoms with Crippen molar-refractivity contribution in [3.8, 4) is 5.75 Å². The Labute approximate surface area is 137 Å². The third-order valence-corrected chi connectivity index (χ3v) is 3.73. The number of carbonyl (C=O) groups is 1. The van der Waals surface area contributed by atoms with E-state index in [1.54, 1.807) is 12.1 Å². The Bertz CT molecular complexity index is 610. The Kier molecular flexibility index (Phi) is 6.03. The fourth-order valence-electron chi connectivity index (χ4n) is 2.62. The first kappa shape index (κ1) is 16.9. The molecule has 1 N–H and O–H groups in total. The molecule has 0 aliphatic carbocycles. The van der Waals surface area contributed by atoms with Crippen LogP contribution in [0.4, 0.5) is 5.69 Å². The average molecular weight is 313 g/mol. The second kappa shape index (κ2) is 8.22. The number of nitrogens with zero attached hydrogens (tertiary/aromatic N) is 1. The van der Waals surface area contributed by atoms with Crippen molar-refractivity contribution in [1.29, 1.82) is 0 Å². The molecule has 122 valence electrons. The SMILES string of the molecule is CCOC(=O)C(Cc1ccc(O)cc1)N(CC)c1ccccc1. The summed E-state index contributed by atoms with van der Waals surface area (Å²) in [4.78, 5) is 14.5. The van der Waals surface area contributed by atoms with E-state index < -0.39 is 6.04 Å². The second-order valence-corrected chi connectivity index (χ2v) is 5.26. The third-order valence-electron chi connectivity index (χ3n) is 3.73. The molecule has 0 saturated carbocycles. The van der Waals surface area contributed by atoms with E-state index in [1.165, 1.54) is 0 Å². The molecular weight excluding hydrogens is 290 g/mol. The summed E-state index contributed by atoms with van der Waals surface area (Å²) in [7, 11) is 0. The van der Waals surface area contributed by atoms with Crippen LogP contribution in [0.5, 0.6) is 5.75 Å². The van der Waals surface area contributed by atoms with Crippen LogP contribution in [-0.2, 0) is 16.0 Å². The Morgan fingerprint density at radius 3 is 2.30 bits per heavy atom. The van der Waals surface area contributed by atoms with E-state index in [9.17, 15) is 9.90 Å². The normalized spacial score (nSPS) is 11.7. The van der Waals surface area contributed by atoms with Gasteiger partial charge in [0.2, 0.25) is 0 Å². The highest BCUT2D eigenvalue weighted by Crippen LogP contribution is 2.21. The zero-order valence-corrected chi connectivity index (χ0v) is 13.6. The molecule has 0 fully saturated rings. The number of para-hydroxylation sites is 1. The van der Waals surface area contributed by atoms with E-state index in [-0.39, 0.29) is 11.7 Å². The van der Waals surface area contributed by atoms with Crippen LogP contribution in [0.3, 0.4) is 0 Å². The van der Waals surface area contributed by atoms with Crippen molar-refractivity contribution in [2.45, 2.75) is 26.3 Å². The molecule has 0 bridgehead atoms. The zero-order valence-electron chi connectivity index (χ0n) is 13.6. The van der Waals surface area contributed by atoms with Crippen LogP contribution in [0.15, 0.2) is 54.6 Å². The zero-order chi connectivity index (χ0) is 16.7. The van der Waals surface area contributed by atoms with Gasteiger partial charge in [0.05, 0.1) is 6.61 Å². The first-order valence-electron chi connectivity index (χ1n) is 7.92. The first-order chi connectivity index (χ1) is 11.2. The summed E-state index contributed by atoms with van der Waals surface area (Å²) >= 11 is 0. The largest absolute Gasteiger partial charge is 0.508 e. The van der Waals surface area contributed by atoms with Gasteiger partial charge in [-0.15, -0.1) is 0 Å². The topological polar surface area (TPSA) is 49.8 Å². The molecule has 2 aromatic rings. The van der Waals surface area contributed by atoms with Gasteiger partial charge in [0.15, 0.2) is 0 Å². The van der Waals surface area contributed by atoms with Crippen LogP contribution >= 0.6 is 0 Å². The third kappa shape index (κ3) is 4.49. The number of hydrogen-bond acceptors (Lipinski definition) is 4. The lowest BCUT2D eigenvalue weighted by atomic mass is 10.0. The number of ether oxygens (including phenoxy) is 1. The minimum absolute atomic E-state index is 0.219. The van der Waals surface area contributed by atoms with Crippen molar-refractivity contribution >= 4 is 11.7 Å². The average Bonchev–Trinajstić information content (AvgIpc) is 2.57. The summed E-state index contributed by atoms with van der Waals surface area (Å²) in [6.07, 6.45) is 0.530.